The van der Waals surface area contributed by atoms with E-state index in [4.69, 9.17) is 0 Å². The van der Waals surface area contributed by atoms with Crippen molar-refractivity contribution < 1.29 is 5.11 Å². The van der Waals surface area contributed by atoms with Gasteiger partial charge in [-0.3, -0.25) is 0 Å². The predicted octanol–water partition coefficient (Wildman–Crippen LogP) is 4.89. The van der Waals surface area contributed by atoms with Crippen LogP contribution in [0.4, 0.5) is 0 Å². The van der Waals surface area contributed by atoms with Crippen LogP contribution in [0.5, 0.6) is 0 Å². The summed E-state index contributed by atoms with van der Waals surface area (Å²) in [5.41, 5.74) is 2.53. The Labute approximate surface area is 136 Å². The molecule has 0 radical (unpaired) electrons. The van der Waals surface area contributed by atoms with Crippen LogP contribution >= 0.6 is 0 Å². The van der Waals surface area contributed by atoms with Crippen LogP contribution in [-0.4, -0.2) is 29.6 Å². The Morgan fingerprint density at radius 1 is 1.09 bits per heavy atom. The van der Waals surface area contributed by atoms with E-state index >= 15 is 0 Å². The quantitative estimate of drug-likeness (QED) is 0.739. The average molecular weight is 303 g/mol. The minimum absolute atomic E-state index is 0.364. The van der Waals surface area contributed by atoms with Crippen molar-refractivity contribution in [1.82, 2.24) is 4.90 Å². The maximum atomic E-state index is 10.5. The molecule has 1 aromatic carbocycles. The van der Waals surface area contributed by atoms with Crippen molar-refractivity contribution in [3.05, 3.63) is 35.4 Å². The topological polar surface area (TPSA) is 23.5 Å². The smallest absolute Gasteiger partial charge is 0.0916 e. The standard InChI is InChI=1S/C20H33NO/c1-3-5-15-21(4-2)16-20(22)19-13-11-18(12-14-19)17-9-7-6-8-10-17/h11-14,17,20,22H,3-10,15-16H2,1-2H3. The molecule has 1 unspecified atom stereocenters. The van der Waals surface area contributed by atoms with E-state index < -0.39 is 0 Å². The molecule has 0 amide bonds. The van der Waals surface area contributed by atoms with Gasteiger partial charge < -0.3 is 10.0 Å². The number of rotatable bonds is 8. The first-order valence-electron chi connectivity index (χ1n) is 9.24. The molecule has 1 saturated carbocycles. The van der Waals surface area contributed by atoms with Crippen molar-refractivity contribution in [2.24, 2.45) is 0 Å². The Kier molecular flexibility index (Phi) is 7.41. The largest absolute Gasteiger partial charge is 0.387 e. The van der Waals surface area contributed by atoms with Gasteiger partial charge in [0.15, 0.2) is 0 Å². The minimum atomic E-state index is -0.364. The summed E-state index contributed by atoms with van der Waals surface area (Å²) in [6.45, 7) is 7.24. The molecular weight excluding hydrogens is 270 g/mol. The van der Waals surface area contributed by atoms with E-state index in [2.05, 4.69) is 43.0 Å². The van der Waals surface area contributed by atoms with Gasteiger partial charge in [0.2, 0.25) is 0 Å². The summed E-state index contributed by atoms with van der Waals surface area (Å²) in [7, 11) is 0. The lowest BCUT2D eigenvalue weighted by atomic mass is 9.84. The highest BCUT2D eigenvalue weighted by Gasteiger charge is 2.17. The van der Waals surface area contributed by atoms with Crippen molar-refractivity contribution in [3.63, 3.8) is 0 Å². The number of likely N-dealkylation sites (N-methyl/N-ethyl adjacent to an activating group) is 1. The molecule has 1 aromatic rings. The second-order valence-corrected chi connectivity index (χ2v) is 6.76. The predicted molar refractivity (Wildman–Crippen MR) is 94.2 cm³/mol. The minimum Gasteiger partial charge on any atom is -0.387 e. The van der Waals surface area contributed by atoms with Gasteiger partial charge in [-0.15, -0.1) is 0 Å². The Hall–Kier alpha value is -0.860. The monoisotopic (exact) mass is 303 g/mol. The fourth-order valence-corrected chi connectivity index (χ4v) is 3.54. The number of hydrogen-bond donors (Lipinski definition) is 1. The number of aliphatic hydroxyl groups excluding tert-OH is 1. The Morgan fingerprint density at radius 3 is 2.36 bits per heavy atom. The number of hydrogen-bond acceptors (Lipinski definition) is 2. The highest BCUT2D eigenvalue weighted by molar-refractivity contribution is 5.27. The number of aliphatic hydroxyl groups is 1. The molecule has 0 aromatic heterocycles. The molecule has 2 heteroatoms. The van der Waals surface area contributed by atoms with Gasteiger partial charge in [-0.25, -0.2) is 0 Å². The maximum Gasteiger partial charge on any atom is 0.0916 e. The van der Waals surface area contributed by atoms with Crippen molar-refractivity contribution in [2.75, 3.05) is 19.6 Å². The number of benzene rings is 1. The molecule has 0 aliphatic heterocycles. The third-order valence-corrected chi connectivity index (χ3v) is 5.10. The Bertz CT molecular complexity index is 408. The van der Waals surface area contributed by atoms with E-state index in [0.717, 1.165) is 31.1 Å². The Balaban J connectivity index is 1.90. The van der Waals surface area contributed by atoms with Crippen LogP contribution in [0.25, 0.3) is 0 Å². The first-order valence-corrected chi connectivity index (χ1v) is 9.24. The molecular formula is C20H33NO. The van der Waals surface area contributed by atoms with Gasteiger partial charge in [0.25, 0.3) is 0 Å². The fraction of sp³-hybridized carbons (Fsp3) is 0.700. The molecule has 0 heterocycles. The first kappa shape index (κ1) is 17.5. The van der Waals surface area contributed by atoms with Gasteiger partial charge in [-0.05, 0) is 49.4 Å². The molecule has 22 heavy (non-hydrogen) atoms. The maximum absolute atomic E-state index is 10.5. The molecule has 124 valence electrons. The van der Waals surface area contributed by atoms with E-state index in [-0.39, 0.29) is 6.10 Å². The van der Waals surface area contributed by atoms with E-state index in [0.29, 0.717) is 0 Å². The third kappa shape index (κ3) is 5.10. The average Bonchev–Trinajstić information content (AvgIpc) is 2.59. The molecule has 1 fully saturated rings. The van der Waals surface area contributed by atoms with Crippen LogP contribution in [-0.2, 0) is 0 Å². The summed E-state index contributed by atoms with van der Waals surface area (Å²) < 4.78 is 0. The molecule has 2 rings (SSSR count). The summed E-state index contributed by atoms with van der Waals surface area (Å²) in [6.07, 6.45) is 8.88. The molecule has 0 bridgehead atoms. The molecule has 1 atom stereocenters. The zero-order valence-corrected chi connectivity index (χ0v) is 14.4. The summed E-state index contributed by atoms with van der Waals surface area (Å²) in [6, 6.07) is 8.78. The molecule has 1 aliphatic rings. The van der Waals surface area contributed by atoms with Crippen LogP contribution < -0.4 is 0 Å². The van der Waals surface area contributed by atoms with Crippen LogP contribution in [0, 0.1) is 0 Å². The highest BCUT2D eigenvalue weighted by Crippen LogP contribution is 2.33. The van der Waals surface area contributed by atoms with Crippen molar-refractivity contribution >= 4 is 0 Å². The van der Waals surface area contributed by atoms with Gasteiger partial charge >= 0.3 is 0 Å². The zero-order chi connectivity index (χ0) is 15.8. The molecule has 2 nitrogen and oxygen atoms in total. The van der Waals surface area contributed by atoms with E-state index in [9.17, 15) is 5.11 Å². The van der Waals surface area contributed by atoms with Crippen molar-refractivity contribution in [1.29, 1.82) is 0 Å². The van der Waals surface area contributed by atoms with Crippen molar-refractivity contribution in [3.8, 4) is 0 Å². The lowest BCUT2D eigenvalue weighted by molar-refractivity contribution is 0.115. The van der Waals surface area contributed by atoms with Gasteiger partial charge in [-0.1, -0.05) is 63.8 Å². The zero-order valence-electron chi connectivity index (χ0n) is 14.4. The van der Waals surface area contributed by atoms with Crippen LogP contribution in [0.1, 0.15) is 81.9 Å². The molecule has 0 spiro atoms. The molecule has 0 saturated heterocycles. The first-order chi connectivity index (χ1) is 10.7. The van der Waals surface area contributed by atoms with E-state index in [1.54, 1.807) is 0 Å². The lowest BCUT2D eigenvalue weighted by Gasteiger charge is -2.25. The summed E-state index contributed by atoms with van der Waals surface area (Å²) >= 11 is 0. The molecule has 1 N–H and O–H groups in total. The normalized spacial score (nSPS) is 17.8. The van der Waals surface area contributed by atoms with Gasteiger partial charge in [0.1, 0.15) is 0 Å². The van der Waals surface area contributed by atoms with Crippen molar-refractivity contribution in [2.45, 2.75) is 70.8 Å². The number of nitrogens with zero attached hydrogens (tertiary/aromatic N) is 1. The van der Waals surface area contributed by atoms with Gasteiger partial charge in [0.05, 0.1) is 6.10 Å². The van der Waals surface area contributed by atoms with E-state index in [1.807, 2.05) is 0 Å². The third-order valence-electron chi connectivity index (χ3n) is 5.10. The number of unbranched alkanes of at least 4 members (excludes halogenated alkanes) is 1. The summed E-state index contributed by atoms with van der Waals surface area (Å²) in [5.74, 6) is 0.747. The Morgan fingerprint density at radius 2 is 1.77 bits per heavy atom. The summed E-state index contributed by atoms with van der Waals surface area (Å²) in [5, 5.41) is 10.5. The highest BCUT2D eigenvalue weighted by atomic mass is 16.3. The summed E-state index contributed by atoms with van der Waals surface area (Å²) in [4.78, 5) is 2.35. The second kappa shape index (κ2) is 9.32. The SMILES string of the molecule is CCCCN(CC)CC(O)c1ccc(C2CCCCC2)cc1. The van der Waals surface area contributed by atoms with E-state index in [1.165, 1.54) is 50.5 Å². The molecule has 1 aliphatic carbocycles. The van der Waals surface area contributed by atoms with Crippen LogP contribution in [0.2, 0.25) is 0 Å². The van der Waals surface area contributed by atoms with Crippen LogP contribution in [0.15, 0.2) is 24.3 Å². The fourth-order valence-electron chi connectivity index (χ4n) is 3.54. The van der Waals surface area contributed by atoms with Gasteiger partial charge in [0, 0.05) is 6.54 Å². The van der Waals surface area contributed by atoms with Gasteiger partial charge in [-0.2, -0.15) is 0 Å². The second-order valence-electron chi connectivity index (χ2n) is 6.76. The lowest BCUT2D eigenvalue weighted by Crippen LogP contribution is -2.29. The van der Waals surface area contributed by atoms with Crippen LogP contribution in [0.3, 0.4) is 0 Å².